The van der Waals surface area contributed by atoms with E-state index < -0.39 is 0 Å². The summed E-state index contributed by atoms with van der Waals surface area (Å²) in [6.07, 6.45) is 2.17. The summed E-state index contributed by atoms with van der Waals surface area (Å²) in [5.41, 5.74) is 8.47. The lowest BCUT2D eigenvalue weighted by Gasteiger charge is -2.26. The number of hydrogen-bond acceptors (Lipinski definition) is 3. The molecule has 4 heteroatoms. The second-order valence-corrected chi connectivity index (χ2v) is 6.69. The lowest BCUT2D eigenvalue weighted by atomic mass is 10.0. The number of nitrogens with two attached hydrogens (primary N) is 1. The summed E-state index contributed by atoms with van der Waals surface area (Å²) in [5, 5.41) is 0.795. The maximum atomic E-state index is 6.17. The van der Waals surface area contributed by atoms with Gasteiger partial charge in [-0.25, -0.2) is 0 Å². The number of halogens is 1. The third-order valence-corrected chi connectivity index (χ3v) is 4.26. The molecule has 3 nitrogen and oxygen atoms in total. The Balaban J connectivity index is 2.10. The second-order valence-electron chi connectivity index (χ2n) is 6.25. The zero-order valence-electron chi connectivity index (χ0n) is 12.8. The molecule has 1 aliphatic rings. The predicted molar refractivity (Wildman–Crippen MR) is 87.7 cm³/mol. The Morgan fingerprint density at radius 2 is 2.25 bits per heavy atom. The Labute approximate surface area is 127 Å². The van der Waals surface area contributed by atoms with E-state index in [2.05, 4.69) is 36.0 Å². The van der Waals surface area contributed by atoms with Gasteiger partial charge >= 0.3 is 0 Å². The molecule has 1 aromatic rings. The topological polar surface area (TPSA) is 32.5 Å². The van der Waals surface area contributed by atoms with Crippen molar-refractivity contribution < 1.29 is 0 Å². The Morgan fingerprint density at radius 1 is 1.50 bits per heavy atom. The van der Waals surface area contributed by atoms with E-state index in [-0.39, 0.29) is 6.04 Å². The quantitative estimate of drug-likeness (QED) is 0.906. The Kier molecular flexibility index (Phi) is 5.30. The Bertz CT molecular complexity index is 447. The maximum absolute atomic E-state index is 6.17. The van der Waals surface area contributed by atoms with Gasteiger partial charge in [0.1, 0.15) is 0 Å². The third-order valence-electron chi connectivity index (χ3n) is 4.02. The van der Waals surface area contributed by atoms with Crippen LogP contribution in [-0.2, 0) is 6.42 Å². The van der Waals surface area contributed by atoms with Crippen molar-refractivity contribution in [3.8, 4) is 0 Å². The molecule has 0 radical (unpaired) electrons. The largest absolute Gasteiger partial charge is 0.374 e. The van der Waals surface area contributed by atoms with Gasteiger partial charge in [0.2, 0.25) is 0 Å². The summed E-state index contributed by atoms with van der Waals surface area (Å²) in [6, 6.07) is 6.30. The van der Waals surface area contributed by atoms with Gasteiger partial charge < -0.3 is 15.5 Å². The van der Waals surface area contributed by atoms with Crippen LogP contribution in [-0.4, -0.2) is 44.7 Å². The fourth-order valence-corrected chi connectivity index (χ4v) is 3.24. The van der Waals surface area contributed by atoms with Gasteiger partial charge in [-0.2, -0.15) is 0 Å². The van der Waals surface area contributed by atoms with E-state index in [0.29, 0.717) is 0 Å². The molecule has 0 spiro atoms. The van der Waals surface area contributed by atoms with E-state index in [0.717, 1.165) is 23.9 Å². The van der Waals surface area contributed by atoms with Crippen LogP contribution in [0.25, 0.3) is 0 Å². The molecule has 112 valence electrons. The number of anilines is 1. The van der Waals surface area contributed by atoms with Crippen LogP contribution in [0.15, 0.2) is 18.2 Å². The van der Waals surface area contributed by atoms with Crippen LogP contribution >= 0.6 is 11.6 Å². The standard InChI is InChI=1S/C16H26ClN3/c1-12(18)8-14-4-5-15(17)9-16(14)20(3)11-13-6-7-19(2)10-13/h4-5,9,12-13H,6-8,10-11,18H2,1-3H3. The fraction of sp³-hybridized carbons (Fsp3) is 0.625. The summed E-state index contributed by atoms with van der Waals surface area (Å²) in [7, 11) is 4.36. The van der Waals surface area contributed by atoms with Gasteiger partial charge in [0.15, 0.2) is 0 Å². The van der Waals surface area contributed by atoms with Crippen molar-refractivity contribution in [1.82, 2.24) is 4.90 Å². The SMILES string of the molecule is CC(N)Cc1ccc(Cl)cc1N(C)CC1CCN(C)C1. The first kappa shape index (κ1) is 15.6. The van der Waals surface area contributed by atoms with Crippen molar-refractivity contribution in [1.29, 1.82) is 0 Å². The number of benzene rings is 1. The van der Waals surface area contributed by atoms with Crippen molar-refractivity contribution in [3.63, 3.8) is 0 Å². The normalized spacial score (nSPS) is 21.1. The van der Waals surface area contributed by atoms with Crippen molar-refractivity contribution in [2.24, 2.45) is 11.7 Å². The highest BCUT2D eigenvalue weighted by Crippen LogP contribution is 2.27. The summed E-state index contributed by atoms with van der Waals surface area (Å²) in [5.74, 6) is 0.743. The van der Waals surface area contributed by atoms with Crippen LogP contribution in [0.4, 0.5) is 5.69 Å². The third kappa shape index (κ3) is 4.11. The molecule has 1 heterocycles. The van der Waals surface area contributed by atoms with Gasteiger partial charge in [-0.3, -0.25) is 0 Å². The van der Waals surface area contributed by atoms with Crippen molar-refractivity contribution in [2.75, 3.05) is 38.6 Å². The highest BCUT2D eigenvalue weighted by molar-refractivity contribution is 6.30. The minimum atomic E-state index is 0.168. The number of hydrogen-bond donors (Lipinski definition) is 1. The van der Waals surface area contributed by atoms with Gasteiger partial charge in [0.25, 0.3) is 0 Å². The molecule has 0 aromatic heterocycles. The van der Waals surface area contributed by atoms with Crippen LogP contribution in [0, 0.1) is 5.92 Å². The van der Waals surface area contributed by atoms with Gasteiger partial charge in [-0.1, -0.05) is 17.7 Å². The van der Waals surface area contributed by atoms with E-state index >= 15 is 0 Å². The molecule has 1 saturated heterocycles. The Hall–Kier alpha value is -0.770. The lowest BCUT2D eigenvalue weighted by molar-refractivity contribution is 0.396. The van der Waals surface area contributed by atoms with Crippen LogP contribution in [0.1, 0.15) is 18.9 Å². The minimum Gasteiger partial charge on any atom is -0.374 e. The first-order chi connectivity index (χ1) is 9.45. The highest BCUT2D eigenvalue weighted by Gasteiger charge is 2.21. The molecule has 2 rings (SSSR count). The van der Waals surface area contributed by atoms with E-state index in [1.165, 1.54) is 30.8 Å². The predicted octanol–water partition coefficient (Wildman–Crippen LogP) is 2.62. The summed E-state index contributed by atoms with van der Waals surface area (Å²) < 4.78 is 0. The molecule has 0 amide bonds. The van der Waals surface area contributed by atoms with Gasteiger partial charge in [0, 0.05) is 36.9 Å². The molecule has 1 fully saturated rings. The molecule has 2 atom stereocenters. The summed E-state index contributed by atoms with van der Waals surface area (Å²) >= 11 is 6.17. The van der Waals surface area contributed by atoms with Crippen molar-refractivity contribution in [3.05, 3.63) is 28.8 Å². The fourth-order valence-electron chi connectivity index (χ4n) is 3.07. The average molecular weight is 296 g/mol. The van der Waals surface area contributed by atoms with Gasteiger partial charge in [-0.15, -0.1) is 0 Å². The Morgan fingerprint density at radius 3 is 2.85 bits per heavy atom. The minimum absolute atomic E-state index is 0.168. The van der Waals surface area contributed by atoms with E-state index in [4.69, 9.17) is 17.3 Å². The van der Waals surface area contributed by atoms with E-state index in [9.17, 15) is 0 Å². The molecule has 1 aromatic carbocycles. The molecule has 0 aliphatic carbocycles. The van der Waals surface area contributed by atoms with Gasteiger partial charge in [0.05, 0.1) is 0 Å². The molecule has 2 unspecified atom stereocenters. The molecule has 2 N–H and O–H groups in total. The summed E-state index contributed by atoms with van der Waals surface area (Å²) in [4.78, 5) is 4.74. The van der Waals surface area contributed by atoms with Crippen LogP contribution in [0.5, 0.6) is 0 Å². The van der Waals surface area contributed by atoms with Crippen molar-refractivity contribution in [2.45, 2.75) is 25.8 Å². The first-order valence-electron chi connectivity index (χ1n) is 7.39. The zero-order valence-corrected chi connectivity index (χ0v) is 13.5. The van der Waals surface area contributed by atoms with Crippen LogP contribution in [0.2, 0.25) is 5.02 Å². The highest BCUT2D eigenvalue weighted by atomic mass is 35.5. The molecule has 1 aliphatic heterocycles. The van der Waals surface area contributed by atoms with E-state index in [1.807, 2.05) is 13.0 Å². The first-order valence-corrected chi connectivity index (χ1v) is 7.77. The average Bonchev–Trinajstić information content (AvgIpc) is 2.76. The molecule has 0 saturated carbocycles. The van der Waals surface area contributed by atoms with E-state index in [1.54, 1.807) is 0 Å². The number of likely N-dealkylation sites (tertiary alicyclic amines) is 1. The van der Waals surface area contributed by atoms with Crippen LogP contribution < -0.4 is 10.6 Å². The number of nitrogens with zero attached hydrogens (tertiary/aromatic N) is 2. The smallest absolute Gasteiger partial charge is 0.0426 e. The summed E-state index contributed by atoms with van der Waals surface area (Å²) in [6.45, 7) is 5.52. The van der Waals surface area contributed by atoms with Crippen LogP contribution in [0.3, 0.4) is 0 Å². The molecule has 20 heavy (non-hydrogen) atoms. The van der Waals surface area contributed by atoms with Crippen molar-refractivity contribution >= 4 is 17.3 Å². The second kappa shape index (κ2) is 6.79. The van der Waals surface area contributed by atoms with Gasteiger partial charge in [-0.05, 0) is 57.0 Å². The molecular weight excluding hydrogens is 270 g/mol. The maximum Gasteiger partial charge on any atom is 0.0426 e. The zero-order chi connectivity index (χ0) is 14.7. The lowest BCUT2D eigenvalue weighted by Crippen LogP contribution is -2.28. The molecule has 0 bridgehead atoms. The monoisotopic (exact) mass is 295 g/mol. The molecular formula is C16H26ClN3. The number of rotatable bonds is 5.